The minimum atomic E-state index is -0.803. The van der Waals surface area contributed by atoms with E-state index in [2.05, 4.69) is 98.8 Å². The maximum atomic E-state index is 15.6. The number of fused-ring (bicyclic) bond motifs is 3. The van der Waals surface area contributed by atoms with Crippen molar-refractivity contribution in [2.75, 3.05) is 25.1 Å². The molecule has 7 aromatic rings. The van der Waals surface area contributed by atoms with Gasteiger partial charge in [-0.15, -0.1) is 0 Å². The molecule has 0 radical (unpaired) electrons. The van der Waals surface area contributed by atoms with Crippen molar-refractivity contribution in [2.45, 2.75) is 139 Å². The van der Waals surface area contributed by atoms with Gasteiger partial charge in [-0.1, -0.05) is 122 Å². The molecule has 5 aromatic carbocycles. The molecule has 0 saturated heterocycles. The molecule has 8 atom stereocenters. The van der Waals surface area contributed by atoms with E-state index in [1.807, 2.05) is 60.7 Å². The number of aromatic hydroxyl groups is 3. The number of allylic oxidation sites excluding steroid dienone is 8. The van der Waals surface area contributed by atoms with E-state index in [1.165, 1.54) is 25.7 Å². The third kappa shape index (κ3) is 12.0. The number of hydrogen-bond acceptors (Lipinski definition) is 12. The number of benzene rings is 5. The van der Waals surface area contributed by atoms with Gasteiger partial charge in [-0.2, -0.15) is 0 Å². The molecule has 2 aliphatic heterocycles. The van der Waals surface area contributed by atoms with Crippen molar-refractivity contribution in [3.8, 4) is 46.3 Å². The predicted octanol–water partition coefficient (Wildman–Crippen LogP) is 15.0. The van der Waals surface area contributed by atoms with Gasteiger partial charge in [0.15, 0.2) is 11.5 Å². The van der Waals surface area contributed by atoms with Gasteiger partial charge >= 0.3 is 5.97 Å². The first-order chi connectivity index (χ1) is 45.3. The number of carbonyl (C=O) groups is 3. The number of nitrogens with one attached hydrogen (secondary N) is 2. The number of ether oxygens (including phenoxy) is 3. The van der Waals surface area contributed by atoms with Crippen LogP contribution in [0.3, 0.4) is 0 Å². The van der Waals surface area contributed by atoms with Crippen LogP contribution in [-0.4, -0.2) is 73.8 Å². The number of aliphatic hydroxyl groups is 1. The Bertz CT molecular complexity index is 4280. The number of carbonyl (C=O) groups excluding carboxylic acids is 3. The average molecular weight is 1250 g/mol. The first kappa shape index (κ1) is 61.1. The van der Waals surface area contributed by atoms with Crippen LogP contribution < -0.4 is 19.7 Å². The molecule has 93 heavy (non-hydrogen) atoms. The summed E-state index contributed by atoms with van der Waals surface area (Å²) in [6.07, 6.45) is 29.1. The Labute approximate surface area is 543 Å². The molecule has 14 nitrogen and oxygen atoms in total. The SMILES string of the molecule is COc1cc(C2CC(=O)CC(OC(C)=O)CCC34C5=CC=CC3CC=CC4c3c[nH]cc3C(C#CC5)C(c3cccc(O)c3)C3=CCNC(=C3)N(CCC(=O)C3CCCCC3)c3ccc4c5c(n2cc35)CCC4O)cc(O)c1Oc1cc(O)cc(Cc2ccccc2)c1. The molecule has 0 amide bonds. The molecule has 14 rings (SSSR count). The van der Waals surface area contributed by atoms with Gasteiger partial charge in [0.25, 0.3) is 0 Å². The van der Waals surface area contributed by atoms with Crippen LogP contribution in [0.1, 0.15) is 165 Å². The van der Waals surface area contributed by atoms with Crippen molar-refractivity contribution >= 4 is 34.0 Å². The highest BCUT2D eigenvalue weighted by atomic mass is 16.5. The number of aromatic amines is 1. The highest BCUT2D eigenvalue weighted by Crippen LogP contribution is 2.60. The third-order valence-corrected chi connectivity index (χ3v) is 20.9. The summed E-state index contributed by atoms with van der Waals surface area (Å²) in [6.45, 7) is 2.18. The molecule has 1 spiro atoms. The van der Waals surface area contributed by atoms with Crippen molar-refractivity contribution < 1.29 is 49.0 Å². The minimum absolute atomic E-state index is 0.0102. The zero-order valence-electron chi connectivity index (χ0n) is 52.8. The molecular weight excluding hydrogens is 1160 g/mol. The third-order valence-electron chi connectivity index (χ3n) is 20.9. The summed E-state index contributed by atoms with van der Waals surface area (Å²) in [6, 6.07) is 29.0. The normalized spacial score (nSPS) is 24.3. The average Bonchev–Trinajstić information content (AvgIpc) is 1.02. The van der Waals surface area contributed by atoms with Crippen LogP contribution in [0, 0.1) is 29.1 Å². The maximum absolute atomic E-state index is 15.6. The van der Waals surface area contributed by atoms with Gasteiger partial charge in [0.05, 0.1) is 30.9 Å². The van der Waals surface area contributed by atoms with Crippen molar-refractivity contribution in [1.29, 1.82) is 0 Å². The molecule has 2 aromatic heterocycles. The van der Waals surface area contributed by atoms with E-state index in [0.29, 0.717) is 57.2 Å². The molecule has 8 unspecified atom stereocenters. The van der Waals surface area contributed by atoms with Gasteiger partial charge < -0.3 is 54.4 Å². The molecule has 1 saturated carbocycles. The molecule has 6 bridgehead atoms. The first-order valence-corrected chi connectivity index (χ1v) is 33.2. The van der Waals surface area contributed by atoms with Gasteiger partial charge in [-0.05, 0) is 150 Å². The van der Waals surface area contributed by atoms with Crippen LogP contribution in [0.4, 0.5) is 5.69 Å². The quantitative estimate of drug-likeness (QED) is 0.0385. The Morgan fingerprint density at radius 3 is 2.52 bits per heavy atom. The Morgan fingerprint density at radius 2 is 1.69 bits per heavy atom. The smallest absolute Gasteiger partial charge is 0.302 e. The van der Waals surface area contributed by atoms with Crippen molar-refractivity contribution in [2.24, 2.45) is 17.3 Å². The molecule has 476 valence electrons. The lowest BCUT2D eigenvalue weighted by molar-refractivity contribution is -0.148. The second-order valence-electron chi connectivity index (χ2n) is 26.5. The number of nitrogens with zero attached hydrogens (tertiary/aromatic N) is 2. The highest BCUT2D eigenvalue weighted by Gasteiger charge is 2.51. The van der Waals surface area contributed by atoms with Crippen molar-refractivity contribution in [1.82, 2.24) is 14.9 Å². The number of aliphatic hydroxyl groups excluding tert-OH is 1. The fraction of sp³-hybridized carbons (Fsp3) is 0.354. The van der Waals surface area contributed by atoms with Crippen LogP contribution in [-0.2, 0) is 32.0 Å². The van der Waals surface area contributed by atoms with Crippen LogP contribution in [0.5, 0.6) is 34.5 Å². The Hall–Kier alpha value is -9.45. The fourth-order valence-electron chi connectivity index (χ4n) is 16.7. The predicted molar refractivity (Wildman–Crippen MR) is 359 cm³/mol. The summed E-state index contributed by atoms with van der Waals surface area (Å²) in [5, 5.41) is 52.2. The van der Waals surface area contributed by atoms with Gasteiger partial charge in [-0.25, -0.2) is 0 Å². The number of phenols is 3. The van der Waals surface area contributed by atoms with Crippen molar-refractivity contribution in [3.05, 3.63) is 220 Å². The number of anilines is 1. The Morgan fingerprint density at radius 1 is 0.839 bits per heavy atom. The zero-order chi connectivity index (χ0) is 63.9. The number of rotatable bonds is 12. The lowest BCUT2D eigenvalue weighted by Crippen LogP contribution is -2.41. The zero-order valence-corrected chi connectivity index (χ0v) is 52.8. The number of aromatic nitrogens is 2. The highest BCUT2D eigenvalue weighted by molar-refractivity contribution is 6.00. The van der Waals surface area contributed by atoms with Crippen LogP contribution in [0.15, 0.2) is 175 Å². The number of aryl methyl sites for hydroxylation is 1. The number of esters is 1. The minimum Gasteiger partial charge on any atom is -0.508 e. The molecule has 14 heteroatoms. The monoisotopic (exact) mass is 1240 g/mol. The molecule has 6 N–H and O–H groups in total. The fourth-order valence-corrected chi connectivity index (χ4v) is 16.7. The number of hydrogen-bond donors (Lipinski definition) is 6. The van der Waals surface area contributed by atoms with Crippen LogP contribution in [0.25, 0.3) is 10.8 Å². The molecule has 4 heterocycles. The molecular formula is C79H80N4O10. The van der Waals surface area contributed by atoms with E-state index < -0.39 is 35.6 Å². The first-order valence-electron chi connectivity index (χ1n) is 33.2. The van der Waals surface area contributed by atoms with E-state index in [0.717, 1.165) is 105 Å². The van der Waals surface area contributed by atoms with E-state index in [4.69, 9.17) is 14.2 Å². The molecule has 5 aliphatic carbocycles. The van der Waals surface area contributed by atoms with Gasteiger partial charge in [-0.3, -0.25) is 14.4 Å². The summed E-state index contributed by atoms with van der Waals surface area (Å²) in [5.74, 6) is 7.42. The van der Waals surface area contributed by atoms with Gasteiger partial charge in [0, 0.05) is 110 Å². The lowest BCUT2D eigenvalue weighted by atomic mass is 9.53. The second kappa shape index (κ2) is 25.9. The standard InChI is InChI=1S/C79H80N4O10/c1-48(84)92-60-29-32-79-55-18-10-19-56(79)21-12-24-67(79)65-46-80-45-64(65)62(23-11-20-55)76(52-17-9-22-57(85)38-52)53-30-33-81-75(41-53)82(34-31-71(88)51-15-7-4-8-16-51)68-26-25-63-72(89)28-27-69-77(63)66(68)47-83(69)70(44-59(87)42-60)54-39-73(90)78(74(40-54)91-2)93-61-37-50(36-58(86)43-61)35-49-13-5-3-6-14-49/h3,5-6,9-10,12-14,17-19,22,24-26,30,36-41,43,45-47,51,56,60,62,67,70,72,76,80-81,85-86,89-90H,4,7-8,15-16,20-21,27-29,31-35,42,44H2,1-2H3. The number of ketones is 2. The van der Waals surface area contributed by atoms with E-state index in [-0.39, 0.29) is 89.0 Å². The summed E-state index contributed by atoms with van der Waals surface area (Å²) < 4.78 is 21.0. The number of dihydropyridines is 1. The van der Waals surface area contributed by atoms with Gasteiger partial charge in [0.2, 0.25) is 5.75 Å². The largest absolute Gasteiger partial charge is 0.508 e. The topological polar surface area (TPSA) is 196 Å². The summed E-state index contributed by atoms with van der Waals surface area (Å²) in [5.41, 5.74) is 9.50. The van der Waals surface area contributed by atoms with E-state index in [1.54, 1.807) is 24.3 Å². The second-order valence-corrected chi connectivity index (χ2v) is 26.5. The number of Topliss-reactive ketones (excluding diaryl/α,β-unsaturated/α-hetero) is 2. The van der Waals surface area contributed by atoms with Crippen molar-refractivity contribution in [3.63, 3.8) is 0 Å². The Balaban J connectivity index is 0.961. The van der Waals surface area contributed by atoms with Gasteiger partial charge in [0.1, 0.15) is 40.7 Å². The number of methoxy groups -OCH3 is 1. The summed E-state index contributed by atoms with van der Waals surface area (Å²) in [7, 11) is 1.49. The molecule has 1 fully saturated rings. The van der Waals surface area contributed by atoms with Crippen LogP contribution >= 0.6 is 0 Å². The molecule has 7 aliphatic rings. The van der Waals surface area contributed by atoms with E-state index >= 15 is 4.79 Å². The Kier molecular flexibility index (Phi) is 17.0. The summed E-state index contributed by atoms with van der Waals surface area (Å²) >= 11 is 0. The van der Waals surface area contributed by atoms with Crippen LogP contribution in [0.2, 0.25) is 0 Å². The lowest BCUT2D eigenvalue weighted by Gasteiger charge is -2.50. The number of phenolic OH excluding ortho intramolecular Hbond substituents is 3. The number of H-pyrrole nitrogens is 1. The maximum Gasteiger partial charge on any atom is 0.302 e. The van der Waals surface area contributed by atoms with E-state index in [9.17, 15) is 30.0 Å². The summed E-state index contributed by atoms with van der Waals surface area (Å²) in [4.78, 5) is 49.4.